The van der Waals surface area contributed by atoms with Crippen LogP contribution in [0.25, 0.3) is 11.4 Å². The van der Waals surface area contributed by atoms with Crippen LogP contribution in [-0.2, 0) is 11.2 Å². The van der Waals surface area contributed by atoms with Gasteiger partial charge in [-0.25, -0.2) is 0 Å². The predicted octanol–water partition coefficient (Wildman–Crippen LogP) is 3.79. The van der Waals surface area contributed by atoms with E-state index >= 15 is 0 Å². The standard InChI is InChI=1S/C20H21ClN4O3S/c1-27-17-3-2-14(21)10-16(17)25-8-6-15(11-25)22-18(26)4-5-19-23-20(24-28-19)13-7-9-29-12-13/h2-3,7,9-10,12,15H,4-6,8,11H2,1H3,(H,22,26). The van der Waals surface area contributed by atoms with Crippen molar-refractivity contribution in [2.45, 2.75) is 25.3 Å². The number of hydrogen-bond acceptors (Lipinski definition) is 7. The summed E-state index contributed by atoms with van der Waals surface area (Å²) >= 11 is 7.71. The maximum absolute atomic E-state index is 12.4. The Balaban J connectivity index is 1.28. The van der Waals surface area contributed by atoms with Gasteiger partial charge in [-0.15, -0.1) is 0 Å². The van der Waals surface area contributed by atoms with Crippen LogP contribution in [0, 0.1) is 0 Å². The molecule has 3 aromatic rings. The fourth-order valence-corrected chi connectivity index (χ4v) is 4.19. The molecule has 1 aromatic carbocycles. The number of carbonyl (C=O) groups excluding carboxylic acids is 1. The molecule has 29 heavy (non-hydrogen) atoms. The third-order valence-electron chi connectivity index (χ3n) is 4.85. The van der Waals surface area contributed by atoms with Crippen LogP contribution in [-0.4, -0.2) is 42.3 Å². The molecule has 1 N–H and O–H groups in total. The van der Waals surface area contributed by atoms with Crippen LogP contribution in [0.4, 0.5) is 5.69 Å². The normalized spacial score (nSPS) is 16.2. The number of amides is 1. The maximum Gasteiger partial charge on any atom is 0.227 e. The highest BCUT2D eigenvalue weighted by Gasteiger charge is 2.26. The zero-order valence-electron chi connectivity index (χ0n) is 15.9. The number of benzene rings is 1. The topological polar surface area (TPSA) is 80.5 Å². The summed E-state index contributed by atoms with van der Waals surface area (Å²) in [6, 6.07) is 7.58. The van der Waals surface area contributed by atoms with Gasteiger partial charge in [-0.3, -0.25) is 4.79 Å². The van der Waals surface area contributed by atoms with Gasteiger partial charge in [-0.2, -0.15) is 16.3 Å². The van der Waals surface area contributed by atoms with Crippen LogP contribution in [0.1, 0.15) is 18.7 Å². The van der Waals surface area contributed by atoms with E-state index in [4.69, 9.17) is 20.9 Å². The summed E-state index contributed by atoms with van der Waals surface area (Å²) in [7, 11) is 1.64. The van der Waals surface area contributed by atoms with Crippen molar-refractivity contribution in [3.05, 3.63) is 45.9 Å². The Morgan fingerprint density at radius 2 is 2.34 bits per heavy atom. The van der Waals surface area contributed by atoms with Crippen molar-refractivity contribution in [3.8, 4) is 17.1 Å². The fourth-order valence-electron chi connectivity index (χ4n) is 3.39. The number of hydrogen-bond donors (Lipinski definition) is 1. The molecule has 1 saturated heterocycles. The maximum atomic E-state index is 12.4. The minimum absolute atomic E-state index is 0.0230. The van der Waals surface area contributed by atoms with Crippen molar-refractivity contribution < 1.29 is 14.1 Å². The molecule has 152 valence electrons. The molecule has 2 aromatic heterocycles. The van der Waals surface area contributed by atoms with Gasteiger partial charge in [-0.05, 0) is 36.1 Å². The summed E-state index contributed by atoms with van der Waals surface area (Å²) in [5, 5.41) is 11.6. The van der Waals surface area contributed by atoms with Gasteiger partial charge < -0.3 is 19.5 Å². The quantitative estimate of drug-likeness (QED) is 0.611. The lowest BCUT2D eigenvalue weighted by Crippen LogP contribution is -2.37. The third-order valence-corrected chi connectivity index (χ3v) is 5.77. The first-order valence-corrected chi connectivity index (χ1v) is 10.7. The highest BCUT2D eigenvalue weighted by Crippen LogP contribution is 2.33. The van der Waals surface area contributed by atoms with Crippen molar-refractivity contribution in [3.63, 3.8) is 0 Å². The number of aromatic nitrogens is 2. The molecule has 3 heterocycles. The molecule has 1 aliphatic heterocycles. The molecule has 0 radical (unpaired) electrons. The van der Waals surface area contributed by atoms with Crippen LogP contribution < -0.4 is 15.0 Å². The van der Waals surface area contributed by atoms with Gasteiger partial charge in [-0.1, -0.05) is 16.8 Å². The van der Waals surface area contributed by atoms with E-state index in [1.807, 2.05) is 29.0 Å². The number of anilines is 1. The van der Waals surface area contributed by atoms with E-state index in [0.29, 0.717) is 36.1 Å². The highest BCUT2D eigenvalue weighted by molar-refractivity contribution is 7.08. The van der Waals surface area contributed by atoms with E-state index in [1.54, 1.807) is 24.5 Å². The average Bonchev–Trinajstić information content (AvgIpc) is 3.47. The number of aryl methyl sites for hydroxylation is 1. The van der Waals surface area contributed by atoms with Gasteiger partial charge in [0.05, 0.1) is 12.8 Å². The number of halogens is 1. The molecule has 0 saturated carbocycles. The van der Waals surface area contributed by atoms with E-state index in [1.165, 1.54) is 0 Å². The lowest BCUT2D eigenvalue weighted by atomic mass is 10.2. The highest BCUT2D eigenvalue weighted by atomic mass is 35.5. The van der Waals surface area contributed by atoms with E-state index in [0.717, 1.165) is 30.0 Å². The average molecular weight is 433 g/mol. The molecule has 4 rings (SSSR count). The number of carbonyl (C=O) groups is 1. The van der Waals surface area contributed by atoms with Gasteiger partial charge in [0, 0.05) is 47.9 Å². The van der Waals surface area contributed by atoms with Crippen molar-refractivity contribution >= 4 is 34.5 Å². The van der Waals surface area contributed by atoms with Gasteiger partial charge in [0.25, 0.3) is 0 Å². The van der Waals surface area contributed by atoms with E-state index in [-0.39, 0.29) is 11.9 Å². The molecular weight excluding hydrogens is 412 g/mol. The Bertz CT molecular complexity index is 976. The minimum atomic E-state index is -0.0230. The molecule has 1 fully saturated rings. The summed E-state index contributed by atoms with van der Waals surface area (Å²) in [6.45, 7) is 1.54. The van der Waals surface area contributed by atoms with E-state index in [9.17, 15) is 4.79 Å². The summed E-state index contributed by atoms with van der Waals surface area (Å²) in [4.78, 5) is 18.9. The molecule has 1 atom stereocenters. The molecule has 1 unspecified atom stereocenters. The Morgan fingerprint density at radius 3 is 3.14 bits per heavy atom. The molecule has 1 aliphatic rings. The van der Waals surface area contributed by atoms with Gasteiger partial charge >= 0.3 is 0 Å². The number of rotatable bonds is 7. The molecule has 9 heteroatoms. The minimum Gasteiger partial charge on any atom is -0.495 e. The number of thiophene rings is 1. The van der Waals surface area contributed by atoms with Crippen LogP contribution in [0.5, 0.6) is 5.75 Å². The van der Waals surface area contributed by atoms with Crippen molar-refractivity contribution in [2.75, 3.05) is 25.1 Å². The third kappa shape index (κ3) is 4.71. The number of nitrogens with one attached hydrogen (secondary N) is 1. The number of methoxy groups -OCH3 is 1. The molecule has 0 spiro atoms. The fraction of sp³-hybridized carbons (Fsp3) is 0.350. The lowest BCUT2D eigenvalue weighted by Gasteiger charge is -2.21. The first kappa shape index (κ1) is 19.7. The Morgan fingerprint density at radius 1 is 1.45 bits per heavy atom. The smallest absolute Gasteiger partial charge is 0.227 e. The van der Waals surface area contributed by atoms with Gasteiger partial charge in [0.1, 0.15) is 5.75 Å². The molecule has 0 aliphatic carbocycles. The number of ether oxygens (including phenoxy) is 1. The SMILES string of the molecule is COc1ccc(Cl)cc1N1CCC(NC(=O)CCc2nc(-c3ccsc3)no2)C1. The number of nitrogens with zero attached hydrogens (tertiary/aromatic N) is 3. The molecule has 7 nitrogen and oxygen atoms in total. The first-order valence-electron chi connectivity index (χ1n) is 9.35. The van der Waals surface area contributed by atoms with E-state index < -0.39 is 0 Å². The largest absolute Gasteiger partial charge is 0.495 e. The Hall–Kier alpha value is -2.58. The second kappa shape index (κ2) is 8.84. The summed E-state index contributed by atoms with van der Waals surface area (Å²) in [6.07, 6.45) is 1.59. The van der Waals surface area contributed by atoms with E-state index in [2.05, 4.69) is 20.4 Å². The predicted molar refractivity (Wildman–Crippen MR) is 113 cm³/mol. The first-order chi connectivity index (χ1) is 14.1. The monoisotopic (exact) mass is 432 g/mol. The second-order valence-electron chi connectivity index (χ2n) is 6.84. The molecule has 1 amide bonds. The lowest BCUT2D eigenvalue weighted by molar-refractivity contribution is -0.121. The summed E-state index contributed by atoms with van der Waals surface area (Å²) in [5.74, 6) is 1.78. The van der Waals surface area contributed by atoms with Crippen LogP contribution in [0.2, 0.25) is 5.02 Å². The second-order valence-corrected chi connectivity index (χ2v) is 8.06. The molecular formula is C20H21ClN4O3S. The van der Waals surface area contributed by atoms with Crippen LogP contribution >= 0.6 is 22.9 Å². The van der Waals surface area contributed by atoms with Crippen molar-refractivity contribution in [2.24, 2.45) is 0 Å². The van der Waals surface area contributed by atoms with Gasteiger partial charge in [0.15, 0.2) is 0 Å². The zero-order chi connectivity index (χ0) is 20.2. The Kier molecular flexibility index (Phi) is 6.01. The van der Waals surface area contributed by atoms with Gasteiger partial charge in [0.2, 0.25) is 17.6 Å². The molecule has 0 bridgehead atoms. The summed E-state index contributed by atoms with van der Waals surface area (Å²) in [5.41, 5.74) is 1.88. The van der Waals surface area contributed by atoms with Crippen LogP contribution in [0.3, 0.4) is 0 Å². The van der Waals surface area contributed by atoms with Crippen LogP contribution in [0.15, 0.2) is 39.5 Å². The Labute approximate surface area is 177 Å². The van der Waals surface area contributed by atoms with Crippen molar-refractivity contribution in [1.82, 2.24) is 15.5 Å². The summed E-state index contributed by atoms with van der Waals surface area (Å²) < 4.78 is 10.7. The van der Waals surface area contributed by atoms with Crippen molar-refractivity contribution in [1.29, 1.82) is 0 Å². The zero-order valence-corrected chi connectivity index (χ0v) is 17.5.